The van der Waals surface area contributed by atoms with Crippen molar-refractivity contribution in [3.05, 3.63) is 53.9 Å². The Bertz CT molecular complexity index is 508. The number of hydrogen-bond acceptors (Lipinski definition) is 3. The average molecular weight is 241 g/mol. The van der Waals surface area contributed by atoms with Crippen molar-refractivity contribution >= 4 is 11.4 Å². The number of nitrogens with one attached hydrogen (secondary N) is 1. The summed E-state index contributed by atoms with van der Waals surface area (Å²) in [6.07, 6.45) is 1.95. The van der Waals surface area contributed by atoms with Crippen LogP contribution in [0.4, 0.5) is 11.4 Å². The summed E-state index contributed by atoms with van der Waals surface area (Å²) in [7, 11) is 4.04. The van der Waals surface area contributed by atoms with Gasteiger partial charge in [-0.15, -0.1) is 0 Å². The summed E-state index contributed by atoms with van der Waals surface area (Å²) >= 11 is 0. The predicted molar refractivity (Wildman–Crippen MR) is 76.2 cm³/mol. The largest absolute Gasteiger partial charge is 0.344 e. The maximum Gasteiger partial charge on any atom is 0.0487 e. The van der Waals surface area contributed by atoms with Crippen molar-refractivity contribution in [3.63, 3.8) is 0 Å². The summed E-state index contributed by atoms with van der Waals surface area (Å²) in [5, 5.41) is 3.18. The number of pyridine rings is 1. The zero-order valence-corrected chi connectivity index (χ0v) is 11.1. The molecule has 3 heteroatoms. The van der Waals surface area contributed by atoms with Crippen LogP contribution in [0.3, 0.4) is 0 Å². The zero-order chi connectivity index (χ0) is 13.0. The third kappa shape index (κ3) is 2.68. The van der Waals surface area contributed by atoms with E-state index >= 15 is 0 Å². The predicted octanol–water partition coefficient (Wildman–Crippen LogP) is 2.88. The van der Waals surface area contributed by atoms with Crippen LogP contribution in [0, 0.1) is 6.92 Å². The quantitative estimate of drug-likeness (QED) is 0.892. The summed E-state index contributed by atoms with van der Waals surface area (Å²) in [5.74, 6) is 0. The van der Waals surface area contributed by atoms with E-state index in [0.29, 0.717) is 0 Å². The molecule has 0 aliphatic heterocycles. The molecule has 1 N–H and O–H groups in total. The number of benzene rings is 1. The molecule has 0 radical (unpaired) electrons. The number of aromatic nitrogens is 1. The second kappa shape index (κ2) is 5.65. The van der Waals surface area contributed by atoms with E-state index in [-0.39, 0.29) is 0 Å². The molecule has 3 nitrogen and oxygen atoms in total. The second-order valence-electron chi connectivity index (χ2n) is 4.38. The van der Waals surface area contributed by atoms with E-state index in [4.69, 9.17) is 0 Å². The summed E-state index contributed by atoms with van der Waals surface area (Å²) in [4.78, 5) is 6.56. The summed E-state index contributed by atoms with van der Waals surface area (Å²) in [5.41, 5.74) is 4.62. The van der Waals surface area contributed by atoms with Gasteiger partial charge in [0, 0.05) is 42.4 Å². The van der Waals surface area contributed by atoms with Crippen LogP contribution < -0.4 is 10.2 Å². The van der Waals surface area contributed by atoms with Crippen LogP contribution in [0.15, 0.2) is 42.6 Å². The highest BCUT2D eigenvalue weighted by Gasteiger charge is 2.09. The van der Waals surface area contributed by atoms with Gasteiger partial charge in [0.05, 0.1) is 0 Å². The standard InChI is InChI=1S/C15H19N3/c1-12-9-15(13(10-16-2)11-17-12)18(3)14-7-5-4-6-8-14/h4-9,11,16H,10H2,1-3H3. The lowest BCUT2D eigenvalue weighted by Gasteiger charge is -2.22. The van der Waals surface area contributed by atoms with Crippen LogP contribution in [0.25, 0.3) is 0 Å². The SMILES string of the molecule is CNCc1cnc(C)cc1N(C)c1ccccc1. The molecule has 0 atom stereocenters. The normalized spacial score (nSPS) is 10.4. The number of nitrogens with zero attached hydrogens (tertiary/aromatic N) is 2. The van der Waals surface area contributed by atoms with Gasteiger partial charge in [0.1, 0.15) is 0 Å². The van der Waals surface area contributed by atoms with Gasteiger partial charge in [-0.3, -0.25) is 4.98 Å². The van der Waals surface area contributed by atoms with Crippen LogP contribution in [0.2, 0.25) is 0 Å². The Morgan fingerprint density at radius 1 is 1.22 bits per heavy atom. The first-order chi connectivity index (χ1) is 8.72. The van der Waals surface area contributed by atoms with E-state index in [0.717, 1.165) is 12.2 Å². The number of para-hydroxylation sites is 1. The highest BCUT2D eigenvalue weighted by molar-refractivity contribution is 5.65. The summed E-state index contributed by atoms with van der Waals surface area (Å²) in [6, 6.07) is 12.5. The molecule has 1 aromatic carbocycles. The highest BCUT2D eigenvalue weighted by atomic mass is 15.1. The molecular weight excluding hydrogens is 222 g/mol. The summed E-state index contributed by atoms with van der Waals surface area (Å²) in [6.45, 7) is 2.84. The minimum atomic E-state index is 0.819. The summed E-state index contributed by atoms with van der Waals surface area (Å²) < 4.78 is 0. The molecule has 2 rings (SSSR count). The Morgan fingerprint density at radius 2 is 1.94 bits per heavy atom. The van der Waals surface area contributed by atoms with Crippen molar-refractivity contribution in [2.45, 2.75) is 13.5 Å². The lowest BCUT2D eigenvalue weighted by atomic mass is 10.1. The monoisotopic (exact) mass is 241 g/mol. The van der Waals surface area contributed by atoms with Gasteiger partial charge in [-0.05, 0) is 32.2 Å². The number of anilines is 2. The van der Waals surface area contributed by atoms with Crippen molar-refractivity contribution in [1.82, 2.24) is 10.3 Å². The highest BCUT2D eigenvalue weighted by Crippen LogP contribution is 2.26. The lowest BCUT2D eigenvalue weighted by molar-refractivity contribution is 0.810. The Balaban J connectivity index is 2.40. The van der Waals surface area contributed by atoms with Gasteiger partial charge < -0.3 is 10.2 Å². The van der Waals surface area contributed by atoms with Gasteiger partial charge in [-0.1, -0.05) is 18.2 Å². The van der Waals surface area contributed by atoms with Gasteiger partial charge in [0.2, 0.25) is 0 Å². The number of aryl methyl sites for hydroxylation is 1. The fraction of sp³-hybridized carbons (Fsp3) is 0.267. The molecule has 0 aliphatic carbocycles. The minimum absolute atomic E-state index is 0.819. The zero-order valence-electron chi connectivity index (χ0n) is 11.1. The van der Waals surface area contributed by atoms with E-state index in [1.807, 2.05) is 26.2 Å². The Labute approximate surface area is 108 Å². The molecule has 0 spiro atoms. The fourth-order valence-corrected chi connectivity index (χ4v) is 2.00. The molecule has 2 aromatic rings. The van der Waals surface area contributed by atoms with Gasteiger partial charge in [0.15, 0.2) is 0 Å². The lowest BCUT2D eigenvalue weighted by Crippen LogP contribution is -2.15. The van der Waals surface area contributed by atoms with Crippen LogP contribution >= 0.6 is 0 Å². The van der Waals surface area contributed by atoms with Gasteiger partial charge in [0.25, 0.3) is 0 Å². The van der Waals surface area contributed by atoms with E-state index < -0.39 is 0 Å². The molecule has 1 aromatic heterocycles. The maximum absolute atomic E-state index is 4.37. The molecule has 0 saturated carbocycles. The Morgan fingerprint density at radius 3 is 2.61 bits per heavy atom. The molecular formula is C15H19N3. The molecule has 94 valence electrons. The molecule has 0 fully saturated rings. The molecule has 0 amide bonds. The second-order valence-corrected chi connectivity index (χ2v) is 4.38. The molecule has 0 aliphatic rings. The number of rotatable bonds is 4. The Kier molecular flexibility index (Phi) is 3.95. The Hall–Kier alpha value is -1.87. The molecule has 0 bridgehead atoms. The first-order valence-corrected chi connectivity index (χ1v) is 6.11. The van der Waals surface area contributed by atoms with E-state index in [1.165, 1.54) is 16.9 Å². The fourth-order valence-electron chi connectivity index (χ4n) is 2.00. The minimum Gasteiger partial charge on any atom is -0.344 e. The van der Waals surface area contributed by atoms with Gasteiger partial charge in [-0.2, -0.15) is 0 Å². The molecule has 0 saturated heterocycles. The van der Waals surface area contributed by atoms with E-state index in [2.05, 4.69) is 52.6 Å². The van der Waals surface area contributed by atoms with Crippen LogP contribution in [-0.2, 0) is 6.54 Å². The van der Waals surface area contributed by atoms with Crippen molar-refractivity contribution < 1.29 is 0 Å². The van der Waals surface area contributed by atoms with E-state index in [1.54, 1.807) is 0 Å². The van der Waals surface area contributed by atoms with Crippen molar-refractivity contribution in [2.24, 2.45) is 0 Å². The van der Waals surface area contributed by atoms with Crippen LogP contribution in [-0.4, -0.2) is 19.1 Å². The van der Waals surface area contributed by atoms with Gasteiger partial charge in [-0.25, -0.2) is 0 Å². The van der Waals surface area contributed by atoms with Crippen molar-refractivity contribution in [3.8, 4) is 0 Å². The molecule has 18 heavy (non-hydrogen) atoms. The van der Waals surface area contributed by atoms with Crippen LogP contribution in [0.5, 0.6) is 0 Å². The first kappa shape index (κ1) is 12.6. The number of hydrogen-bond donors (Lipinski definition) is 1. The van der Waals surface area contributed by atoms with Gasteiger partial charge >= 0.3 is 0 Å². The third-order valence-corrected chi connectivity index (χ3v) is 2.97. The van der Waals surface area contributed by atoms with E-state index in [9.17, 15) is 0 Å². The maximum atomic E-state index is 4.37. The van der Waals surface area contributed by atoms with Crippen molar-refractivity contribution in [2.75, 3.05) is 19.0 Å². The van der Waals surface area contributed by atoms with Crippen molar-refractivity contribution in [1.29, 1.82) is 0 Å². The van der Waals surface area contributed by atoms with Crippen LogP contribution in [0.1, 0.15) is 11.3 Å². The average Bonchev–Trinajstić information content (AvgIpc) is 2.41. The topological polar surface area (TPSA) is 28.2 Å². The third-order valence-electron chi connectivity index (χ3n) is 2.97. The molecule has 1 heterocycles. The first-order valence-electron chi connectivity index (χ1n) is 6.11. The smallest absolute Gasteiger partial charge is 0.0487 e. The molecule has 0 unspecified atom stereocenters.